The first-order valence-electron chi connectivity index (χ1n) is 9.47. The summed E-state index contributed by atoms with van der Waals surface area (Å²) in [6.07, 6.45) is 5.05. The number of hydrogen-bond acceptors (Lipinski definition) is 4. The van der Waals surface area contributed by atoms with E-state index in [1.165, 1.54) is 0 Å². The molecule has 1 atom stereocenters. The molecule has 2 heterocycles. The summed E-state index contributed by atoms with van der Waals surface area (Å²) < 4.78 is 12.8. The lowest BCUT2D eigenvalue weighted by molar-refractivity contribution is 0.0728. The lowest BCUT2D eigenvalue weighted by atomic mass is 10.1. The van der Waals surface area contributed by atoms with Crippen molar-refractivity contribution in [3.8, 4) is 5.75 Å². The van der Waals surface area contributed by atoms with Crippen LogP contribution in [-0.4, -0.2) is 33.7 Å². The largest absolute Gasteiger partial charge is 0.471 e. The first-order chi connectivity index (χ1) is 13.4. The summed E-state index contributed by atoms with van der Waals surface area (Å²) in [4.78, 5) is 14.4. The van der Waals surface area contributed by atoms with Crippen LogP contribution in [0.2, 0.25) is 0 Å². The number of carbonyl (C=O) groups is 1. The molecule has 0 fully saturated rings. The van der Waals surface area contributed by atoms with E-state index in [1.54, 1.807) is 35.2 Å². The van der Waals surface area contributed by atoms with Gasteiger partial charge in [-0.1, -0.05) is 12.1 Å². The fourth-order valence-electron chi connectivity index (χ4n) is 2.93. The zero-order valence-corrected chi connectivity index (χ0v) is 16.9. The molecule has 1 amide bonds. The van der Waals surface area contributed by atoms with Crippen LogP contribution in [0.4, 0.5) is 0 Å². The van der Waals surface area contributed by atoms with Gasteiger partial charge in [0.1, 0.15) is 11.5 Å². The van der Waals surface area contributed by atoms with Crippen molar-refractivity contribution < 1.29 is 13.9 Å². The van der Waals surface area contributed by atoms with Crippen LogP contribution in [0.15, 0.2) is 53.3 Å². The molecule has 0 N–H and O–H groups in total. The molecule has 6 nitrogen and oxygen atoms in total. The molecule has 6 heteroatoms. The Kier molecular flexibility index (Phi) is 6.19. The smallest absolute Gasteiger partial charge is 0.274 e. The monoisotopic (exact) mass is 381 g/mol. The highest BCUT2D eigenvalue weighted by Gasteiger charge is 2.20. The molecule has 1 unspecified atom stereocenters. The average Bonchev–Trinajstić information content (AvgIpc) is 3.37. The molecule has 0 saturated carbocycles. The van der Waals surface area contributed by atoms with E-state index in [1.807, 2.05) is 45.0 Å². The summed E-state index contributed by atoms with van der Waals surface area (Å²) in [5, 5.41) is 4.37. The van der Waals surface area contributed by atoms with Gasteiger partial charge in [-0.3, -0.25) is 4.79 Å². The standard InChI is InChI=1S/C22H27N3O3/c1-16-7-8-17(2)21(14-16)28-15-25-12-11-20(23-25)22(26)24(4)18(3)9-10-19-6-5-13-27-19/h5-8,11-14,18H,9-10,15H2,1-4H3. The fraction of sp³-hybridized carbons (Fsp3) is 0.364. The maximum absolute atomic E-state index is 12.7. The molecule has 0 aliphatic heterocycles. The van der Waals surface area contributed by atoms with Crippen LogP contribution >= 0.6 is 0 Å². The highest BCUT2D eigenvalue weighted by Crippen LogP contribution is 2.19. The van der Waals surface area contributed by atoms with Crippen molar-refractivity contribution in [1.29, 1.82) is 0 Å². The van der Waals surface area contributed by atoms with Crippen molar-refractivity contribution in [2.45, 2.75) is 46.4 Å². The molecule has 0 aliphatic rings. The van der Waals surface area contributed by atoms with E-state index >= 15 is 0 Å². The number of amides is 1. The Morgan fingerprint density at radius 1 is 1.29 bits per heavy atom. The Bertz CT molecular complexity index is 915. The highest BCUT2D eigenvalue weighted by molar-refractivity contribution is 5.92. The summed E-state index contributed by atoms with van der Waals surface area (Å²) in [5.74, 6) is 1.66. The summed E-state index contributed by atoms with van der Waals surface area (Å²) >= 11 is 0. The molecule has 3 rings (SSSR count). The third-order valence-corrected chi connectivity index (χ3v) is 4.93. The number of aromatic nitrogens is 2. The van der Waals surface area contributed by atoms with Crippen LogP contribution in [0.1, 0.15) is 40.7 Å². The summed E-state index contributed by atoms with van der Waals surface area (Å²) in [6, 6.07) is 11.7. The van der Waals surface area contributed by atoms with Gasteiger partial charge in [-0.15, -0.1) is 0 Å². The van der Waals surface area contributed by atoms with Crippen molar-refractivity contribution in [2.24, 2.45) is 0 Å². The van der Waals surface area contributed by atoms with Gasteiger partial charge < -0.3 is 14.1 Å². The third kappa shape index (κ3) is 4.82. The minimum atomic E-state index is -0.0996. The van der Waals surface area contributed by atoms with Crippen molar-refractivity contribution in [2.75, 3.05) is 7.05 Å². The van der Waals surface area contributed by atoms with E-state index < -0.39 is 0 Å². The molecule has 1 aromatic carbocycles. The first kappa shape index (κ1) is 19.7. The van der Waals surface area contributed by atoms with Gasteiger partial charge in [0.15, 0.2) is 12.4 Å². The Balaban J connectivity index is 1.56. The molecular weight excluding hydrogens is 354 g/mol. The summed E-state index contributed by atoms with van der Waals surface area (Å²) in [5.41, 5.74) is 2.62. The van der Waals surface area contributed by atoms with Gasteiger partial charge in [0.05, 0.1) is 6.26 Å². The van der Waals surface area contributed by atoms with Gasteiger partial charge in [-0.05, 0) is 62.6 Å². The van der Waals surface area contributed by atoms with Crippen LogP contribution in [0.3, 0.4) is 0 Å². The van der Waals surface area contributed by atoms with Crippen molar-refractivity contribution in [1.82, 2.24) is 14.7 Å². The zero-order chi connectivity index (χ0) is 20.1. The number of ether oxygens (including phenoxy) is 1. The molecule has 3 aromatic rings. The molecule has 28 heavy (non-hydrogen) atoms. The summed E-state index contributed by atoms with van der Waals surface area (Å²) in [7, 11) is 1.81. The van der Waals surface area contributed by atoms with Gasteiger partial charge in [0, 0.05) is 25.7 Å². The number of rotatable bonds is 8. The predicted molar refractivity (Wildman–Crippen MR) is 107 cm³/mol. The fourth-order valence-corrected chi connectivity index (χ4v) is 2.93. The number of aryl methyl sites for hydroxylation is 3. The second kappa shape index (κ2) is 8.78. The van der Waals surface area contributed by atoms with Gasteiger partial charge in [-0.2, -0.15) is 5.10 Å². The molecule has 0 saturated heterocycles. The number of hydrogen-bond donors (Lipinski definition) is 0. The van der Waals surface area contributed by atoms with Crippen LogP contribution in [0, 0.1) is 13.8 Å². The number of carbonyl (C=O) groups excluding carboxylic acids is 1. The second-order valence-electron chi connectivity index (χ2n) is 7.17. The average molecular weight is 381 g/mol. The van der Waals surface area contributed by atoms with Gasteiger partial charge in [0.2, 0.25) is 0 Å². The van der Waals surface area contributed by atoms with Gasteiger partial charge in [0.25, 0.3) is 5.91 Å². The maximum Gasteiger partial charge on any atom is 0.274 e. The van der Waals surface area contributed by atoms with Crippen LogP contribution in [0.25, 0.3) is 0 Å². The number of benzene rings is 1. The highest BCUT2D eigenvalue weighted by atomic mass is 16.5. The minimum Gasteiger partial charge on any atom is -0.471 e. The molecule has 0 bridgehead atoms. The van der Waals surface area contributed by atoms with Crippen molar-refractivity contribution in [3.63, 3.8) is 0 Å². The van der Waals surface area contributed by atoms with E-state index in [0.717, 1.165) is 35.5 Å². The topological polar surface area (TPSA) is 60.5 Å². The van der Waals surface area contributed by atoms with E-state index in [9.17, 15) is 4.79 Å². The molecule has 148 valence electrons. The lowest BCUT2D eigenvalue weighted by Crippen LogP contribution is -2.35. The summed E-state index contributed by atoms with van der Waals surface area (Å²) in [6.45, 7) is 6.32. The minimum absolute atomic E-state index is 0.0777. The van der Waals surface area contributed by atoms with E-state index in [4.69, 9.17) is 9.15 Å². The first-order valence-corrected chi connectivity index (χ1v) is 9.47. The van der Waals surface area contributed by atoms with Crippen molar-refractivity contribution in [3.05, 3.63) is 71.4 Å². The normalized spacial score (nSPS) is 12.0. The number of furan rings is 1. The van der Waals surface area contributed by atoms with E-state index in [0.29, 0.717) is 5.69 Å². The molecular formula is C22H27N3O3. The molecule has 0 radical (unpaired) electrons. The van der Waals surface area contributed by atoms with Crippen LogP contribution < -0.4 is 4.74 Å². The second-order valence-corrected chi connectivity index (χ2v) is 7.17. The lowest BCUT2D eigenvalue weighted by Gasteiger charge is -2.23. The molecule has 0 aliphatic carbocycles. The maximum atomic E-state index is 12.7. The Morgan fingerprint density at radius 3 is 2.86 bits per heavy atom. The third-order valence-electron chi connectivity index (χ3n) is 4.93. The predicted octanol–water partition coefficient (Wildman–Crippen LogP) is 4.22. The van der Waals surface area contributed by atoms with Gasteiger partial charge in [-0.25, -0.2) is 4.68 Å². The van der Waals surface area contributed by atoms with Gasteiger partial charge >= 0.3 is 0 Å². The zero-order valence-electron chi connectivity index (χ0n) is 16.9. The molecule has 0 spiro atoms. The molecule has 2 aromatic heterocycles. The van der Waals surface area contributed by atoms with E-state index in [-0.39, 0.29) is 18.7 Å². The van der Waals surface area contributed by atoms with E-state index in [2.05, 4.69) is 11.2 Å². The van der Waals surface area contributed by atoms with Crippen molar-refractivity contribution >= 4 is 5.91 Å². The number of nitrogens with zero attached hydrogens (tertiary/aromatic N) is 3. The Hall–Kier alpha value is -3.02. The quantitative estimate of drug-likeness (QED) is 0.586. The SMILES string of the molecule is Cc1ccc(C)c(OCn2ccc(C(=O)N(C)C(C)CCc3ccco3)n2)c1. The van der Waals surface area contributed by atoms with Crippen LogP contribution in [-0.2, 0) is 13.2 Å². The Morgan fingerprint density at radius 2 is 2.11 bits per heavy atom. The van der Waals surface area contributed by atoms with Crippen LogP contribution in [0.5, 0.6) is 5.75 Å². The Labute approximate surface area is 165 Å².